The molecule has 0 unspecified atom stereocenters. The number of hydrogen-bond donors (Lipinski definition) is 0. The van der Waals surface area contributed by atoms with Gasteiger partial charge in [0.15, 0.2) is 10.2 Å². The molecule has 0 aliphatic heterocycles. The van der Waals surface area contributed by atoms with Crippen LogP contribution < -0.4 is 0 Å². The molecule has 0 saturated carbocycles. The molecule has 0 aliphatic carbocycles. The van der Waals surface area contributed by atoms with E-state index in [1.165, 1.54) is 10.6 Å². The summed E-state index contributed by atoms with van der Waals surface area (Å²) in [4.78, 5) is 3.87. The summed E-state index contributed by atoms with van der Waals surface area (Å²) in [5, 5.41) is -0.621. The highest BCUT2D eigenvalue weighted by molar-refractivity contribution is 7.89. The molecule has 0 atom stereocenters. The minimum atomic E-state index is -4.44. The zero-order valence-corrected chi connectivity index (χ0v) is 12.4. The van der Waals surface area contributed by atoms with E-state index in [0.717, 1.165) is 7.05 Å². The van der Waals surface area contributed by atoms with Crippen molar-refractivity contribution >= 4 is 27.3 Å². The summed E-state index contributed by atoms with van der Waals surface area (Å²) < 4.78 is 63.2. The molecule has 2 heterocycles. The van der Waals surface area contributed by atoms with Gasteiger partial charge in [0, 0.05) is 19.8 Å². The molecule has 10 heteroatoms. The fraction of sp³-hybridized carbons (Fsp3) is 0.364. The van der Waals surface area contributed by atoms with Crippen molar-refractivity contribution in [3.63, 3.8) is 0 Å². The second kappa shape index (κ2) is 5.47. The lowest BCUT2D eigenvalue weighted by Crippen LogP contribution is -2.31. The van der Waals surface area contributed by atoms with E-state index < -0.39 is 29.2 Å². The number of nitrogens with zero attached hydrogens (tertiary/aromatic N) is 3. The van der Waals surface area contributed by atoms with Gasteiger partial charge in [-0.3, -0.25) is 4.40 Å². The molecule has 2 aromatic rings. The first-order valence-electron chi connectivity index (χ1n) is 5.78. The van der Waals surface area contributed by atoms with Gasteiger partial charge in [-0.05, 0) is 12.1 Å². The summed E-state index contributed by atoms with van der Waals surface area (Å²) in [7, 11) is -3.10. The summed E-state index contributed by atoms with van der Waals surface area (Å²) in [6, 6.07) is 4.75. The molecule has 0 spiro atoms. The number of sulfonamides is 1. The third-order valence-electron chi connectivity index (χ3n) is 2.81. The van der Waals surface area contributed by atoms with Gasteiger partial charge in [0.1, 0.15) is 5.65 Å². The topological polar surface area (TPSA) is 54.7 Å². The van der Waals surface area contributed by atoms with Crippen LogP contribution in [0.5, 0.6) is 0 Å². The van der Waals surface area contributed by atoms with Crippen LogP contribution in [0.3, 0.4) is 0 Å². The lowest BCUT2D eigenvalue weighted by Gasteiger charge is -2.17. The molecule has 2 aromatic heterocycles. The summed E-state index contributed by atoms with van der Waals surface area (Å²) in [6.07, 6.45) is -4.25. The van der Waals surface area contributed by atoms with E-state index >= 15 is 0 Å². The Kier molecular flexibility index (Phi) is 4.18. The van der Waals surface area contributed by atoms with Gasteiger partial charge in [0.25, 0.3) is 10.0 Å². The molecule has 0 radical (unpaired) electrons. The van der Waals surface area contributed by atoms with Gasteiger partial charge in [-0.1, -0.05) is 17.7 Å². The molecular formula is C11H11ClF3N3O2S. The highest BCUT2D eigenvalue weighted by Gasteiger charge is 2.33. The van der Waals surface area contributed by atoms with Crippen LogP contribution in [0.1, 0.15) is 6.42 Å². The van der Waals surface area contributed by atoms with Crippen molar-refractivity contribution in [1.29, 1.82) is 0 Å². The number of rotatable bonds is 4. The van der Waals surface area contributed by atoms with Crippen molar-refractivity contribution in [1.82, 2.24) is 13.7 Å². The third-order valence-corrected chi connectivity index (χ3v) is 5.07. The van der Waals surface area contributed by atoms with Gasteiger partial charge >= 0.3 is 6.18 Å². The minimum Gasteiger partial charge on any atom is -0.288 e. The number of aromatic nitrogens is 2. The average Bonchev–Trinajstić information content (AvgIpc) is 2.71. The Morgan fingerprint density at radius 2 is 2.05 bits per heavy atom. The molecule has 21 heavy (non-hydrogen) atoms. The number of fused-ring (bicyclic) bond motifs is 1. The summed E-state index contributed by atoms with van der Waals surface area (Å²) in [5.41, 5.74) is 0.297. The lowest BCUT2D eigenvalue weighted by molar-refractivity contribution is -0.135. The first kappa shape index (κ1) is 16.1. The highest BCUT2D eigenvalue weighted by Crippen LogP contribution is 2.26. The van der Waals surface area contributed by atoms with E-state index in [4.69, 9.17) is 11.6 Å². The number of pyridine rings is 1. The molecular weight excluding hydrogens is 331 g/mol. The van der Waals surface area contributed by atoms with Crippen molar-refractivity contribution in [3.05, 3.63) is 29.5 Å². The van der Waals surface area contributed by atoms with Crippen molar-refractivity contribution in [2.75, 3.05) is 13.6 Å². The number of hydrogen-bond acceptors (Lipinski definition) is 3. The normalized spacial score (nSPS) is 13.2. The van der Waals surface area contributed by atoms with Gasteiger partial charge in [0.2, 0.25) is 0 Å². The van der Waals surface area contributed by atoms with Crippen molar-refractivity contribution < 1.29 is 21.6 Å². The van der Waals surface area contributed by atoms with E-state index in [2.05, 4.69) is 4.98 Å². The molecule has 0 bridgehead atoms. The monoisotopic (exact) mass is 341 g/mol. The van der Waals surface area contributed by atoms with E-state index in [-0.39, 0.29) is 10.2 Å². The van der Waals surface area contributed by atoms with Gasteiger partial charge in [-0.25, -0.2) is 13.4 Å². The molecule has 0 amide bonds. The second-order valence-electron chi connectivity index (χ2n) is 4.33. The fourth-order valence-corrected chi connectivity index (χ4v) is 3.49. The van der Waals surface area contributed by atoms with Crippen LogP contribution in [-0.2, 0) is 10.0 Å². The average molecular weight is 342 g/mol. The van der Waals surface area contributed by atoms with Crippen molar-refractivity contribution in [3.8, 4) is 0 Å². The molecule has 2 rings (SSSR count). The van der Waals surface area contributed by atoms with E-state index in [1.807, 2.05) is 0 Å². The second-order valence-corrected chi connectivity index (χ2v) is 6.65. The quantitative estimate of drug-likeness (QED) is 0.858. The summed E-state index contributed by atoms with van der Waals surface area (Å²) >= 11 is 5.83. The summed E-state index contributed by atoms with van der Waals surface area (Å²) in [6.45, 7) is -0.692. The maximum atomic E-state index is 12.4. The number of halogens is 4. The first-order chi connectivity index (χ1) is 9.63. The van der Waals surface area contributed by atoms with Crippen molar-refractivity contribution in [2.24, 2.45) is 0 Å². The SMILES string of the molecule is CN(CCC(F)(F)F)S(=O)(=O)c1c(Cl)nc2ccccn12. The largest absolute Gasteiger partial charge is 0.390 e. The third kappa shape index (κ3) is 3.30. The maximum absolute atomic E-state index is 12.4. The zero-order chi connectivity index (χ0) is 15.8. The van der Waals surface area contributed by atoms with E-state index in [0.29, 0.717) is 9.95 Å². The predicted molar refractivity (Wildman–Crippen MR) is 70.7 cm³/mol. The molecule has 0 saturated heterocycles. The number of alkyl halides is 3. The van der Waals surface area contributed by atoms with Crippen LogP contribution >= 0.6 is 11.6 Å². The smallest absolute Gasteiger partial charge is 0.288 e. The Morgan fingerprint density at radius 3 is 2.67 bits per heavy atom. The van der Waals surface area contributed by atoms with E-state index in [1.54, 1.807) is 18.2 Å². The minimum absolute atomic E-state index is 0.278. The van der Waals surface area contributed by atoms with Crippen LogP contribution in [0.2, 0.25) is 5.15 Å². The van der Waals surface area contributed by atoms with Gasteiger partial charge in [0.05, 0.1) is 6.42 Å². The predicted octanol–water partition coefficient (Wildman–Crippen LogP) is 2.56. The molecule has 0 aromatic carbocycles. The maximum Gasteiger partial charge on any atom is 0.390 e. The Hall–Kier alpha value is -1.32. The van der Waals surface area contributed by atoms with Crippen LogP contribution in [0.15, 0.2) is 29.4 Å². The van der Waals surface area contributed by atoms with Gasteiger partial charge in [-0.15, -0.1) is 0 Å². The Bertz CT molecular complexity index is 758. The summed E-state index contributed by atoms with van der Waals surface area (Å²) in [5.74, 6) is 0. The Balaban J connectivity index is 2.40. The molecule has 116 valence electrons. The molecule has 0 aliphatic rings. The van der Waals surface area contributed by atoms with Crippen LogP contribution in [0.25, 0.3) is 5.65 Å². The van der Waals surface area contributed by atoms with Gasteiger partial charge < -0.3 is 0 Å². The lowest BCUT2D eigenvalue weighted by atomic mass is 10.4. The Morgan fingerprint density at radius 1 is 1.38 bits per heavy atom. The van der Waals surface area contributed by atoms with Crippen LogP contribution in [0.4, 0.5) is 13.2 Å². The zero-order valence-electron chi connectivity index (χ0n) is 10.8. The fourth-order valence-electron chi connectivity index (χ4n) is 1.73. The molecule has 5 nitrogen and oxygen atoms in total. The molecule has 0 fully saturated rings. The van der Waals surface area contributed by atoms with Crippen LogP contribution in [0, 0.1) is 0 Å². The van der Waals surface area contributed by atoms with Crippen molar-refractivity contribution in [2.45, 2.75) is 17.6 Å². The van der Waals surface area contributed by atoms with E-state index in [9.17, 15) is 21.6 Å². The first-order valence-corrected chi connectivity index (χ1v) is 7.60. The highest BCUT2D eigenvalue weighted by atomic mass is 35.5. The van der Waals surface area contributed by atoms with Crippen LogP contribution in [-0.4, -0.2) is 41.9 Å². The Labute approximate surface area is 124 Å². The standard InChI is InChI=1S/C11H11ClF3N3O2S/c1-17(7-5-11(13,14)15)21(19,20)10-9(12)16-8-4-2-3-6-18(8)10/h2-4,6H,5,7H2,1H3. The molecule has 0 N–H and O–H groups in total. The van der Waals surface area contributed by atoms with Gasteiger partial charge in [-0.2, -0.15) is 17.5 Å². The number of imidazole rings is 1.